The third-order valence-electron chi connectivity index (χ3n) is 7.26. The molecule has 0 radical (unpaired) electrons. The molecule has 0 aliphatic heterocycles. The first-order valence-corrected chi connectivity index (χ1v) is 12.3. The van der Waals surface area contributed by atoms with Crippen molar-refractivity contribution in [2.45, 2.75) is 113 Å². The molecule has 0 aromatic heterocycles. The van der Waals surface area contributed by atoms with E-state index >= 15 is 0 Å². The molecule has 33 heavy (non-hydrogen) atoms. The predicted molar refractivity (Wildman–Crippen MR) is 129 cm³/mol. The molecule has 3 aliphatic rings. The third-order valence-corrected chi connectivity index (χ3v) is 7.26. The molecule has 0 aromatic carbocycles. The van der Waals surface area contributed by atoms with Crippen molar-refractivity contribution in [2.24, 2.45) is 34.0 Å². The molecule has 190 valence electrons. The molecule has 3 saturated carbocycles. The average Bonchev–Trinajstić information content (AvgIpc) is 2.62. The van der Waals surface area contributed by atoms with Gasteiger partial charge in [-0.15, -0.1) is 0 Å². The van der Waals surface area contributed by atoms with E-state index in [9.17, 15) is 29.4 Å². The Labute approximate surface area is 199 Å². The summed E-state index contributed by atoms with van der Waals surface area (Å²) in [6, 6.07) is 0. The van der Waals surface area contributed by atoms with E-state index in [0.29, 0.717) is 50.1 Å². The van der Waals surface area contributed by atoms with Gasteiger partial charge >= 0.3 is 0 Å². The van der Waals surface area contributed by atoms with Gasteiger partial charge < -0.3 is 10.2 Å². The summed E-state index contributed by atoms with van der Waals surface area (Å²) in [5.74, 6) is 1.05. The first kappa shape index (κ1) is 29.6. The number of aliphatic hydroxyl groups excluding tert-OH is 2. The van der Waals surface area contributed by atoms with E-state index in [1.165, 1.54) is 0 Å². The summed E-state index contributed by atoms with van der Waals surface area (Å²) in [6.45, 7) is 17.0. The summed E-state index contributed by atoms with van der Waals surface area (Å²) in [5, 5.41) is 18.8. The van der Waals surface area contributed by atoms with E-state index in [1.807, 2.05) is 62.3 Å². The zero-order chi connectivity index (χ0) is 25.9. The summed E-state index contributed by atoms with van der Waals surface area (Å²) in [4.78, 5) is 45.5. The SMILES string of the molecule is CC1CC(=O)CC(C)(C)C1=O.CC1CC(O)CC(C)(C)C1=O.CC1CC(O)CC(C)(C)C1=O. The molecule has 3 rings (SSSR count). The summed E-state index contributed by atoms with van der Waals surface area (Å²) < 4.78 is 0. The Kier molecular flexibility index (Phi) is 9.79. The Morgan fingerprint density at radius 3 is 1.24 bits per heavy atom. The first-order valence-electron chi connectivity index (χ1n) is 12.3. The van der Waals surface area contributed by atoms with Gasteiger partial charge in [0.2, 0.25) is 0 Å². The van der Waals surface area contributed by atoms with Crippen molar-refractivity contribution >= 4 is 23.1 Å². The normalized spacial score (nSPS) is 35.1. The van der Waals surface area contributed by atoms with Gasteiger partial charge in [0, 0.05) is 46.8 Å². The topological polar surface area (TPSA) is 109 Å². The van der Waals surface area contributed by atoms with Gasteiger partial charge in [0.1, 0.15) is 23.1 Å². The highest BCUT2D eigenvalue weighted by Crippen LogP contribution is 2.36. The van der Waals surface area contributed by atoms with Gasteiger partial charge in [0.05, 0.1) is 12.2 Å². The largest absolute Gasteiger partial charge is 0.393 e. The van der Waals surface area contributed by atoms with Crippen LogP contribution in [-0.2, 0) is 19.2 Å². The van der Waals surface area contributed by atoms with Crippen LogP contribution in [0.4, 0.5) is 0 Å². The molecule has 5 atom stereocenters. The van der Waals surface area contributed by atoms with Crippen molar-refractivity contribution in [3.63, 3.8) is 0 Å². The fraction of sp³-hybridized carbons (Fsp3) is 0.852. The van der Waals surface area contributed by atoms with Gasteiger partial charge in [-0.05, 0) is 25.7 Å². The van der Waals surface area contributed by atoms with Crippen LogP contribution in [0.2, 0.25) is 0 Å². The number of aliphatic hydroxyl groups is 2. The Morgan fingerprint density at radius 2 is 0.939 bits per heavy atom. The van der Waals surface area contributed by atoms with E-state index in [0.717, 1.165) is 0 Å². The van der Waals surface area contributed by atoms with Crippen LogP contribution in [0.3, 0.4) is 0 Å². The van der Waals surface area contributed by atoms with Crippen LogP contribution in [0.25, 0.3) is 0 Å². The van der Waals surface area contributed by atoms with E-state index < -0.39 is 5.41 Å². The molecule has 6 heteroatoms. The second-order valence-corrected chi connectivity index (χ2v) is 12.6. The maximum atomic E-state index is 11.5. The van der Waals surface area contributed by atoms with Crippen LogP contribution in [0.15, 0.2) is 0 Å². The van der Waals surface area contributed by atoms with Gasteiger partial charge in [-0.25, -0.2) is 0 Å². The second-order valence-electron chi connectivity index (χ2n) is 12.6. The van der Waals surface area contributed by atoms with E-state index in [2.05, 4.69) is 0 Å². The molecule has 3 fully saturated rings. The van der Waals surface area contributed by atoms with E-state index in [1.54, 1.807) is 0 Å². The molecule has 0 bridgehead atoms. The van der Waals surface area contributed by atoms with Gasteiger partial charge in [-0.1, -0.05) is 62.3 Å². The number of hydrogen-bond donors (Lipinski definition) is 2. The Balaban J connectivity index is 0.000000247. The maximum Gasteiger partial charge on any atom is 0.142 e. The number of Topliss-reactive ketones (excluding diaryl/α,β-unsaturated/α-hetero) is 4. The molecule has 5 unspecified atom stereocenters. The fourth-order valence-corrected chi connectivity index (χ4v) is 5.66. The van der Waals surface area contributed by atoms with Crippen LogP contribution < -0.4 is 0 Å². The van der Waals surface area contributed by atoms with Gasteiger partial charge in [0.25, 0.3) is 0 Å². The second kappa shape index (κ2) is 10.9. The number of hydrogen-bond acceptors (Lipinski definition) is 6. The minimum absolute atomic E-state index is 0.0359. The predicted octanol–water partition coefficient (Wildman–Crippen LogP) is 4.33. The van der Waals surface area contributed by atoms with Crippen molar-refractivity contribution in [1.82, 2.24) is 0 Å². The molecule has 0 amide bonds. The minimum atomic E-state index is -0.408. The third kappa shape index (κ3) is 8.10. The molecule has 6 nitrogen and oxygen atoms in total. The number of ketones is 4. The van der Waals surface area contributed by atoms with Gasteiger partial charge in [-0.3, -0.25) is 19.2 Å². The zero-order valence-corrected chi connectivity index (χ0v) is 22.2. The highest BCUT2D eigenvalue weighted by Gasteiger charge is 2.40. The first-order chi connectivity index (χ1) is 14.8. The Hall–Kier alpha value is -1.40. The van der Waals surface area contributed by atoms with Crippen LogP contribution >= 0.6 is 0 Å². The standard InChI is InChI=1S/2C9H16O2.C9H14O2/c3*1-6-4-7(10)5-9(2,3)8(6)11/h2*6-7,10H,4-5H2,1-3H3;6H,4-5H2,1-3H3. The molecular formula is C27H46O6. The summed E-state index contributed by atoms with van der Waals surface area (Å²) in [5.41, 5.74) is -1.02. The van der Waals surface area contributed by atoms with Crippen molar-refractivity contribution < 1.29 is 29.4 Å². The average molecular weight is 467 g/mol. The minimum Gasteiger partial charge on any atom is -0.393 e. The monoisotopic (exact) mass is 466 g/mol. The summed E-state index contributed by atoms with van der Waals surface area (Å²) >= 11 is 0. The van der Waals surface area contributed by atoms with Crippen molar-refractivity contribution in [1.29, 1.82) is 0 Å². The number of carbonyl (C=O) groups excluding carboxylic acids is 4. The van der Waals surface area contributed by atoms with Crippen molar-refractivity contribution in [2.75, 3.05) is 0 Å². The Bertz CT molecular complexity index is 708. The molecule has 0 saturated heterocycles. The maximum absolute atomic E-state index is 11.5. The molecule has 0 aromatic rings. The quantitative estimate of drug-likeness (QED) is 0.550. The Morgan fingerprint density at radius 1 is 0.606 bits per heavy atom. The smallest absolute Gasteiger partial charge is 0.142 e. The van der Waals surface area contributed by atoms with Gasteiger partial charge in [-0.2, -0.15) is 0 Å². The summed E-state index contributed by atoms with van der Waals surface area (Å²) in [6.07, 6.45) is 2.84. The van der Waals surface area contributed by atoms with Gasteiger partial charge in [0.15, 0.2) is 0 Å². The molecule has 2 N–H and O–H groups in total. The lowest BCUT2D eigenvalue weighted by Gasteiger charge is -2.34. The van der Waals surface area contributed by atoms with Crippen LogP contribution in [0, 0.1) is 34.0 Å². The molecule has 0 heterocycles. The van der Waals surface area contributed by atoms with Crippen LogP contribution in [0.1, 0.15) is 101 Å². The lowest BCUT2D eigenvalue weighted by molar-refractivity contribution is -0.141. The molecule has 3 aliphatic carbocycles. The number of rotatable bonds is 0. The van der Waals surface area contributed by atoms with Crippen LogP contribution in [0.5, 0.6) is 0 Å². The highest BCUT2D eigenvalue weighted by molar-refractivity contribution is 5.98. The van der Waals surface area contributed by atoms with E-state index in [-0.39, 0.29) is 52.4 Å². The summed E-state index contributed by atoms with van der Waals surface area (Å²) in [7, 11) is 0. The van der Waals surface area contributed by atoms with E-state index in [4.69, 9.17) is 0 Å². The lowest BCUT2D eigenvalue weighted by atomic mass is 9.70. The van der Waals surface area contributed by atoms with Crippen molar-refractivity contribution in [3.05, 3.63) is 0 Å². The molecule has 0 spiro atoms. The zero-order valence-electron chi connectivity index (χ0n) is 22.2. The number of carbonyl (C=O) groups is 4. The molecular weight excluding hydrogens is 420 g/mol. The van der Waals surface area contributed by atoms with Crippen LogP contribution in [-0.4, -0.2) is 45.6 Å². The fourth-order valence-electron chi connectivity index (χ4n) is 5.66. The van der Waals surface area contributed by atoms with Crippen molar-refractivity contribution in [3.8, 4) is 0 Å². The lowest BCUT2D eigenvalue weighted by Crippen LogP contribution is -2.40. The highest BCUT2D eigenvalue weighted by atomic mass is 16.3.